The molecule has 0 spiro atoms. The van der Waals surface area contributed by atoms with Gasteiger partial charge in [0.1, 0.15) is 6.07 Å². The van der Waals surface area contributed by atoms with E-state index in [4.69, 9.17) is 5.26 Å². The molecule has 20 heavy (non-hydrogen) atoms. The van der Waals surface area contributed by atoms with Crippen molar-refractivity contribution >= 4 is 17.5 Å². The van der Waals surface area contributed by atoms with Gasteiger partial charge in [0.15, 0.2) is 0 Å². The van der Waals surface area contributed by atoms with Crippen molar-refractivity contribution in [1.29, 1.82) is 5.26 Å². The van der Waals surface area contributed by atoms with Gasteiger partial charge >= 0.3 is 11.7 Å². The first-order chi connectivity index (χ1) is 9.48. The molecular formula is C12H12N4O4. The van der Waals surface area contributed by atoms with E-state index in [9.17, 15) is 20.0 Å². The molecule has 0 amide bonds. The first-order valence-electron chi connectivity index (χ1n) is 6.00. The summed E-state index contributed by atoms with van der Waals surface area (Å²) in [7, 11) is 0. The minimum absolute atomic E-state index is 0.0125. The number of nitriles is 1. The van der Waals surface area contributed by atoms with Crippen molar-refractivity contribution in [2.45, 2.75) is 19.3 Å². The Balaban J connectivity index is 2.19. The Kier molecular flexibility index (Phi) is 3.52. The molecule has 0 bridgehead atoms. The minimum Gasteiger partial charge on any atom is -0.481 e. The van der Waals surface area contributed by atoms with Crippen molar-refractivity contribution in [2.24, 2.45) is 5.41 Å². The van der Waals surface area contributed by atoms with E-state index in [1.165, 1.54) is 6.20 Å². The fraction of sp³-hybridized carbons (Fsp3) is 0.417. The number of pyridine rings is 1. The summed E-state index contributed by atoms with van der Waals surface area (Å²) in [6.45, 7) is 0.0854. The number of rotatable bonds is 5. The maximum Gasteiger partial charge on any atom is 0.312 e. The molecule has 8 nitrogen and oxygen atoms in total. The second kappa shape index (κ2) is 5.13. The number of hydrogen-bond donors (Lipinski definition) is 2. The smallest absolute Gasteiger partial charge is 0.312 e. The summed E-state index contributed by atoms with van der Waals surface area (Å²) in [6.07, 6.45) is 3.12. The van der Waals surface area contributed by atoms with Crippen LogP contribution in [0.25, 0.3) is 0 Å². The summed E-state index contributed by atoms with van der Waals surface area (Å²) in [5.41, 5.74) is -1.12. The van der Waals surface area contributed by atoms with Crippen LogP contribution in [0.15, 0.2) is 12.3 Å². The molecule has 1 fully saturated rings. The van der Waals surface area contributed by atoms with Gasteiger partial charge in [-0.3, -0.25) is 14.9 Å². The molecule has 2 rings (SSSR count). The molecule has 0 saturated heterocycles. The van der Waals surface area contributed by atoms with Gasteiger partial charge in [0.05, 0.1) is 15.9 Å². The summed E-state index contributed by atoms with van der Waals surface area (Å²) >= 11 is 0. The van der Waals surface area contributed by atoms with Crippen molar-refractivity contribution in [3.8, 4) is 6.07 Å². The molecular weight excluding hydrogens is 264 g/mol. The summed E-state index contributed by atoms with van der Waals surface area (Å²) < 4.78 is 0. The zero-order valence-corrected chi connectivity index (χ0v) is 10.5. The van der Waals surface area contributed by atoms with E-state index in [-0.39, 0.29) is 23.6 Å². The Morgan fingerprint density at radius 3 is 2.80 bits per heavy atom. The first-order valence-corrected chi connectivity index (χ1v) is 6.00. The fourth-order valence-electron chi connectivity index (χ4n) is 2.11. The molecule has 0 unspecified atom stereocenters. The molecule has 1 aromatic heterocycles. The van der Waals surface area contributed by atoms with Crippen LogP contribution in [0.2, 0.25) is 0 Å². The third-order valence-corrected chi connectivity index (χ3v) is 3.55. The van der Waals surface area contributed by atoms with E-state index in [2.05, 4.69) is 10.3 Å². The molecule has 104 valence electrons. The van der Waals surface area contributed by atoms with Crippen LogP contribution in [0.1, 0.15) is 24.8 Å². The molecule has 0 radical (unpaired) electrons. The SMILES string of the molecule is N#Cc1cnc(NCC2(C(=O)O)CCC2)c([N+](=O)[O-])c1. The molecule has 1 aliphatic rings. The van der Waals surface area contributed by atoms with Gasteiger partial charge in [-0.25, -0.2) is 4.98 Å². The van der Waals surface area contributed by atoms with Crippen LogP contribution in [0.5, 0.6) is 0 Å². The highest BCUT2D eigenvalue weighted by atomic mass is 16.6. The Morgan fingerprint density at radius 2 is 2.35 bits per heavy atom. The predicted molar refractivity (Wildman–Crippen MR) is 68.0 cm³/mol. The number of nitrogens with zero attached hydrogens (tertiary/aromatic N) is 3. The molecule has 0 aromatic carbocycles. The molecule has 8 heteroatoms. The van der Waals surface area contributed by atoms with Crippen LogP contribution >= 0.6 is 0 Å². The van der Waals surface area contributed by atoms with Crippen molar-refractivity contribution in [1.82, 2.24) is 4.98 Å². The lowest BCUT2D eigenvalue weighted by molar-refractivity contribution is -0.384. The van der Waals surface area contributed by atoms with Crippen LogP contribution in [0, 0.1) is 26.9 Å². The van der Waals surface area contributed by atoms with Crippen LogP contribution in [-0.2, 0) is 4.79 Å². The van der Waals surface area contributed by atoms with E-state index < -0.39 is 16.3 Å². The zero-order valence-electron chi connectivity index (χ0n) is 10.5. The highest BCUT2D eigenvalue weighted by Gasteiger charge is 2.44. The van der Waals surface area contributed by atoms with Gasteiger partial charge in [0.2, 0.25) is 5.82 Å². The standard InChI is InChI=1S/C12H12N4O4/c13-5-8-4-9(16(19)20)10(14-6-8)15-7-12(11(17)18)2-1-3-12/h4,6H,1-3,7H2,(H,14,15)(H,17,18). The lowest BCUT2D eigenvalue weighted by Gasteiger charge is -2.37. The summed E-state index contributed by atoms with van der Waals surface area (Å²) in [4.78, 5) is 25.3. The normalized spacial score (nSPS) is 15.8. The molecule has 0 atom stereocenters. The van der Waals surface area contributed by atoms with Crippen LogP contribution in [-0.4, -0.2) is 27.5 Å². The Morgan fingerprint density at radius 1 is 1.65 bits per heavy atom. The monoisotopic (exact) mass is 276 g/mol. The van der Waals surface area contributed by atoms with E-state index >= 15 is 0 Å². The number of aliphatic carboxylic acids is 1. The number of carbonyl (C=O) groups is 1. The van der Waals surface area contributed by atoms with Gasteiger partial charge in [-0.15, -0.1) is 0 Å². The number of nitrogens with one attached hydrogen (secondary N) is 1. The molecule has 1 aromatic rings. The summed E-state index contributed by atoms with van der Waals surface area (Å²) in [6, 6.07) is 2.89. The number of nitro groups is 1. The highest BCUT2D eigenvalue weighted by Crippen LogP contribution is 2.41. The quantitative estimate of drug-likeness (QED) is 0.616. The van der Waals surface area contributed by atoms with Crippen molar-refractivity contribution < 1.29 is 14.8 Å². The number of hydrogen-bond acceptors (Lipinski definition) is 6. The van der Waals surface area contributed by atoms with Gasteiger partial charge in [-0.1, -0.05) is 6.42 Å². The molecule has 1 aliphatic carbocycles. The molecule has 1 saturated carbocycles. The van der Waals surface area contributed by atoms with Gasteiger partial charge in [0.25, 0.3) is 0 Å². The second-order valence-electron chi connectivity index (χ2n) is 4.75. The maximum absolute atomic E-state index is 11.2. The largest absolute Gasteiger partial charge is 0.481 e. The van der Waals surface area contributed by atoms with Gasteiger partial charge < -0.3 is 10.4 Å². The third kappa shape index (κ3) is 2.38. The Labute approximate surface area is 114 Å². The Hall–Kier alpha value is -2.69. The third-order valence-electron chi connectivity index (χ3n) is 3.55. The summed E-state index contributed by atoms with van der Waals surface area (Å²) in [5.74, 6) is -0.922. The van der Waals surface area contributed by atoms with E-state index in [0.717, 1.165) is 12.5 Å². The second-order valence-corrected chi connectivity index (χ2v) is 4.75. The first kappa shape index (κ1) is 13.7. The van der Waals surface area contributed by atoms with E-state index in [0.29, 0.717) is 12.8 Å². The fourth-order valence-corrected chi connectivity index (χ4v) is 2.11. The topological polar surface area (TPSA) is 129 Å². The average Bonchev–Trinajstić information content (AvgIpc) is 2.36. The predicted octanol–water partition coefficient (Wildman–Crippen LogP) is 1.53. The lowest BCUT2D eigenvalue weighted by Crippen LogP contribution is -2.43. The van der Waals surface area contributed by atoms with Crippen molar-refractivity contribution in [2.75, 3.05) is 11.9 Å². The maximum atomic E-state index is 11.2. The van der Waals surface area contributed by atoms with Gasteiger partial charge in [-0.2, -0.15) is 5.26 Å². The molecule has 2 N–H and O–H groups in total. The average molecular weight is 276 g/mol. The molecule has 0 aliphatic heterocycles. The highest BCUT2D eigenvalue weighted by molar-refractivity contribution is 5.76. The molecule has 1 heterocycles. The number of carboxylic acid groups (broad SMARTS) is 1. The minimum atomic E-state index is -0.910. The summed E-state index contributed by atoms with van der Waals surface area (Å²) in [5, 5.41) is 31.5. The van der Waals surface area contributed by atoms with Crippen LogP contribution < -0.4 is 5.32 Å². The zero-order chi connectivity index (χ0) is 14.8. The van der Waals surface area contributed by atoms with Crippen LogP contribution in [0.3, 0.4) is 0 Å². The van der Waals surface area contributed by atoms with Crippen molar-refractivity contribution in [3.05, 3.63) is 27.9 Å². The van der Waals surface area contributed by atoms with Gasteiger partial charge in [-0.05, 0) is 12.8 Å². The Bertz CT molecular complexity index is 604. The lowest BCUT2D eigenvalue weighted by atomic mass is 9.69. The van der Waals surface area contributed by atoms with Crippen molar-refractivity contribution in [3.63, 3.8) is 0 Å². The van der Waals surface area contributed by atoms with Crippen LogP contribution in [0.4, 0.5) is 11.5 Å². The van der Waals surface area contributed by atoms with E-state index in [1.54, 1.807) is 6.07 Å². The van der Waals surface area contributed by atoms with Gasteiger partial charge in [0, 0.05) is 18.8 Å². The van der Waals surface area contributed by atoms with E-state index in [1.807, 2.05) is 0 Å². The number of anilines is 1. The number of aromatic nitrogens is 1. The number of carboxylic acids is 1.